The molecule has 0 radical (unpaired) electrons. The quantitative estimate of drug-likeness (QED) is 0.770. The number of aryl methyl sites for hydroxylation is 2. The second kappa shape index (κ2) is 8.09. The van der Waals surface area contributed by atoms with Crippen LogP contribution in [0.2, 0.25) is 0 Å². The molecular weight excluding hydrogens is 224 g/mol. The lowest BCUT2D eigenvalue weighted by molar-refractivity contribution is 0.184. The molecule has 0 fully saturated rings. The monoisotopic (exact) mass is 250 g/mol. The number of hydrogen-bond acceptors (Lipinski definition) is 3. The highest BCUT2D eigenvalue weighted by atomic mass is 16.5. The zero-order valence-electron chi connectivity index (χ0n) is 12.1. The summed E-state index contributed by atoms with van der Waals surface area (Å²) in [4.78, 5) is 4.54. The first-order valence-electron chi connectivity index (χ1n) is 7.05. The van der Waals surface area contributed by atoms with E-state index in [0.29, 0.717) is 0 Å². The fourth-order valence-electron chi connectivity index (χ4n) is 1.97. The average molecular weight is 250 g/mol. The van der Waals surface area contributed by atoms with Gasteiger partial charge < -0.3 is 10.1 Å². The second-order valence-corrected chi connectivity index (χ2v) is 4.59. The molecule has 1 unspecified atom stereocenters. The number of likely N-dealkylation sites (N-methyl/N-ethyl adjacent to an activating group) is 1. The minimum atomic E-state index is 0.241. The molecule has 102 valence electrons. The minimum Gasteiger partial charge on any atom is -0.487 e. The van der Waals surface area contributed by atoms with Crippen LogP contribution in [0.25, 0.3) is 0 Å². The van der Waals surface area contributed by atoms with Gasteiger partial charge in [-0.15, -0.1) is 0 Å². The van der Waals surface area contributed by atoms with Gasteiger partial charge in [-0.2, -0.15) is 0 Å². The first-order chi connectivity index (χ1) is 8.71. The van der Waals surface area contributed by atoms with E-state index in [9.17, 15) is 0 Å². The van der Waals surface area contributed by atoms with Crippen molar-refractivity contribution in [3.63, 3.8) is 0 Å². The summed E-state index contributed by atoms with van der Waals surface area (Å²) in [6, 6.07) is 4.07. The Kier molecular flexibility index (Phi) is 6.73. The molecule has 1 N–H and O–H groups in total. The molecule has 0 spiro atoms. The molecule has 0 aliphatic heterocycles. The van der Waals surface area contributed by atoms with Crippen molar-refractivity contribution in [2.75, 3.05) is 13.1 Å². The predicted octanol–water partition coefficient (Wildman–Crippen LogP) is 3.11. The summed E-state index contributed by atoms with van der Waals surface area (Å²) >= 11 is 0. The summed E-state index contributed by atoms with van der Waals surface area (Å²) in [6.07, 6.45) is 3.36. The van der Waals surface area contributed by atoms with Crippen molar-refractivity contribution in [1.82, 2.24) is 10.3 Å². The molecule has 3 heteroatoms. The van der Waals surface area contributed by atoms with Crippen LogP contribution >= 0.6 is 0 Å². The zero-order chi connectivity index (χ0) is 13.4. The molecule has 0 aliphatic carbocycles. The van der Waals surface area contributed by atoms with Gasteiger partial charge in [0.1, 0.15) is 11.9 Å². The van der Waals surface area contributed by atoms with Gasteiger partial charge in [0.05, 0.1) is 5.69 Å². The van der Waals surface area contributed by atoms with Gasteiger partial charge in [0.15, 0.2) is 0 Å². The molecule has 0 bridgehead atoms. The molecule has 1 rings (SSSR count). The molecule has 0 saturated carbocycles. The fourth-order valence-corrected chi connectivity index (χ4v) is 1.97. The van der Waals surface area contributed by atoms with Gasteiger partial charge in [-0.25, -0.2) is 0 Å². The molecule has 0 aliphatic rings. The Morgan fingerprint density at radius 1 is 1.28 bits per heavy atom. The molecular formula is C15H26N2O. The Balaban J connectivity index is 2.72. The summed E-state index contributed by atoms with van der Waals surface area (Å²) < 4.78 is 6.11. The van der Waals surface area contributed by atoms with Crippen molar-refractivity contribution >= 4 is 0 Å². The maximum Gasteiger partial charge on any atom is 0.141 e. The smallest absolute Gasteiger partial charge is 0.141 e. The van der Waals surface area contributed by atoms with Crippen LogP contribution in [0.3, 0.4) is 0 Å². The van der Waals surface area contributed by atoms with Crippen molar-refractivity contribution in [3.05, 3.63) is 23.5 Å². The van der Waals surface area contributed by atoms with Gasteiger partial charge in [0.2, 0.25) is 0 Å². The summed E-state index contributed by atoms with van der Waals surface area (Å²) in [5, 5.41) is 3.36. The normalized spacial score (nSPS) is 12.4. The van der Waals surface area contributed by atoms with E-state index in [-0.39, 0.29) is 6.10 Å². The Labute approximate surface area is 111 Å². The molecule has 1 heterocycles. The molecule has 1 aromatic rings. The van der Waals surface area contributed by atoms with Crippen molar-refractivity contribution in [2.45, 2.75) is 53.1 Å². The number of ether oxygens (including phenoxy) is 1. The van der Waals surface area contributed by atoms with Crippen molar-refractivity contribution in [1.29, 1.82) is 0 Å². The Morgan fingerprint density at radius 2 is 2.06 bits per heavy atom. The number of nitrogens with one attached hydrogen (secondary N) is 1. The number of nitrogens with zero attached hydrogens (tertiary/aromatic N) is 1. The number of pyridine rings is 1. The van der Waals surface area contributed by atoms with E-state index in [4.69, 9.17) is 4.74 Å². The van der Waals surface area contributed by atoms with Crippen LogP contribution in [0.5, 0.6) is 5.75 Å². The van der Waals surface area contributed by atoms with Gasteiger partial charge in [-0.05, 0) is 38.4 Å². The molecule has 18 heavy (non-hydrogen) atoms. The number of hydrogen-bond donors (Lipinski definition) is 1. The first kappa shape index (κ1) is 15.0. The number of rotatable bonds is 8. The first-order valence-corrected chi connectivity index (χ1v) is 7.05. The maximum absolute atomic E-state index is 6.11. The summed E-state index contributed by atoms with van der Waals surface area (Å²) in [6.45, 7) is 10.3. The van der Waals surface area contributed by atoms with Gasteiger partial charge in [-0.3, -0.25) is 4.98 Å². The van der Waals surface area contributed by atoms with Crippen LogP contribution in [-0.2, 0) is 6.42 Å². The standard InChI is InChI=1S/C15H26N2O/c1-5-8-13(11-16-7-3)18-15-10-9-12(4)17-14(15)6-2/h9-10,13,16H,5-8,11H2,1-4H3. The minimum absolute atomic E-state index is 0.241. The summed E-state index contributed by atoms with van der Waals surface area (Å²) in [5.74, 6) is 0.944. The predicted molar refractivity (Wildman–Crippen MR) is 76.2 cm³/mol. The Morgan fingerprint density at radius 3 is 2.67 bits per heavy atom. The fraction of sp³-hybridized carbons (Fsp3) is 0.667. The van der Waals surface area contributed by atoms with E-state index in [1.807, 2.05) is 13.0 Å². The van der Waals surface area contributed by atoms with Crippen LogP contribution in [0.1, 0.15) is 45.0 Å². The average Bonchev–Trinajstić information content (AvgIpc) is 2.38. The third kappa shape index (κ3) is 4.65. The summed E-state index contributed by atoms with van der Waals surface area (Å²) in [5.41, 5.74) is 2.12. The highest BCUT2D eigenvalue weighted by molar-refractivity contribution is 5.29. The van der Waals surface area contributed by atoms with Crippen LogP contribution in [-0.4, -0.2) is 24.2 Å². The second-order valence-electron chi connectivity index (χ2n) is 4.59. The van der Waals surface area contributed by atoms with Crippen LogP contribution in [0, 0.1) is 6.92 Å². The van der Waals surface area contributed by atoms with E-state index < -0.39 is 0 Å². The SMILES string of the molecule is CCCC(CNCC)Oc1ccc(C)nc1CC. The maximum atomic E-state index is 6.11. The molecule has 1 aromatic heterocycles. The third-order valence-corrected chi connectivity index (χ3v) is 2.93. The van der Waals surface area contributed by atoms with Crippen molar-refractivity contribution < 1.29 is 4.74 Å². The van der Waals surface area contributed by atoms with E-state index in [1.165, 1.54) is 0 Å². The van der Waals surface area contributed by atoms with Crippen molar-refractivity contribution in [2.24, 2.45) is 0 Å². The lowest BCUT2D eigenvalue weighted by atomic mass is 10.2. The van der Waals surface area contributed by atoms with Gasteiger partial charge in [0.25, 0.3) is 0 Å². The van der Waals surface area contributed by atoms with E-state index in [0.717, 1.165) is 49.5 Å². The highest BCUT2D eigenvalue weighted by Gasteiger charge is 2.12. The summed E-state index contributed by atoms with van der Waals surface area (Å²) in [7, 11) is 0. The zero-order valence-corrected chi connectivity index (χ0v) is 12.1. The molecule has 1 atom stereocenters. The van der Waals surface area contributed by atoms with Gasteiger partial charge in [-0.1, -0.05) is 27.2 Å². The molecule has 0 saturated heterocycles. The molecule has 0 aromatic carbocycles. The van der Waals surface area contributed by atoms with Crippen LogP contribution < -0.4 is 10.1 Å². The van der Waals surface area contributed by atoms with E-state index in [2.05, 4.69) is 37.1 Å². The highest BCUT2D eigenvalue weighted by Crippen LogP contribution is 2.20. The largest absolute Gasteiger partial charge is 0.487 e. The van der Waals surface area contributed by atoms with E-state index >= 15 is 0 Å². The molecule has 3 nitrogen and oxygen atoms in total. The molecule has 0 amide bonds. The van der Waals surface area contributed by atoms with Crippen LogP contribution in [0.15, 0.2) is 12.1 Å². The third-order valence-electron chi connectivity index (χ3n) is 2.93. The van der Waals surface area contributed by atoms with Gasteiger partial charge >= 0.3 is 0 Å². The van der Waals surface area contributed by atoms with E-state index in [1.54, 1.807) is 0 Å². The van der Waals surface area contributed by atoms with Crippen LogP contribution in [0.4, 0.5) is 0 Å². The Hall–Kier alpha value is -1.09. The van der Waals surface area contributed by atoms with Crippen molar-refractivity contribution in [3.8, 4) is 5.75 Å². The number of aromatic nitrogens is 1. The lowest BCUT2D eigenvalue weighted by Crippen LogP contribution is -2.31. The van der Waals surface area contributed by atoms with Gasteiger partial charge in [0, 0.05) is 12.2 Å². The topological polar surface area (TPSA) is 34.1 Å². The lowest BCUT2D eigenvalue weighted by Gasteiger charge is -2.20. The Bertz CT molecular complexity index is 352.